The maximum absolute atomic E-state index is 6.62. The minimum absolute atomic E-state index is 0.333. The lowest BCUT2D eigenvalue weighted by Crippen LogP contribution is -2.19. The second-order valence-electron chi connectivity index (χ2n) is 7.46. The molecule has 1 aliphatic rings. The first-order valence-corrected chi connectivity index (χ1v) is 12.0. The Kier molecular flexibility index (Phi) is 6.14. The maximum Gasteiger partial charge on any atom is 0.201 e. The van der Waals surface area contributed by atoms with Crippen molar-refractivity contribution in [2.24, 2.45) is 0 Å². The second-order valence-corrected chi connectivity index (χ2v) is 9.90. The number of imidazole rings is 1. The smallest absolute Gasteiger partial charge is 0.201 e. The fourth-order valence-electron chi connectivity index (χ4n) is 3.58. The molecule has 5 nitrogen and oxygen atoms in total. The largest absolute Gasteiger partial charge is 0.445 e. The molecule has 0 radical (unpaired) electrons. The molecule has 4 aromatic rings. The van der Waals surface area contributed by atoms with Crippen molar-refractivity contribution in [2.75, 3.05) is 0 Å². The van der Waals surface area contributed by atoms with Crippen LogP contribution >= 0.6 is 46.1 Å². The van der Waals surface area contributed by atoms with Gasteiger partial charge in [0.1, 0.15) is 16.9 Å². The molecule has 2 aromatic heterocycles. The summed E-state index contributed by atoms with van der Waals surface area (Å²) < 4.78 is 14.0. The number of halogens is 3. The van der Waals surface area contributed by atoms with Crippen LogP contribution in [0.25, 0.3) is 10.6 Å². The molecule has 9 heteroatoms. The van der Waals surface area contributed by atoms with Crippen LogP contribution in [0.4, 0.5) is 0 Å². The van der Waals surface area contributed by atoms with E-state index < -0.39 is 0 Å². The van der Waals surface area contributed by atoms with Crippen LogP contribution in [0, 0.1) is 6.92 Å². The lowest BCUT2D eigenvalue weighted by atomic mass is 10.1. The first kappa shape index (κ1) is 21.7. The fraction of sp³-hybridized carbons (Fsp3) is 0.217. The van der Waals surface area contributed by atoms with Crippen molar-refractivity contribution in [1.82, 2.24) is 14.5 Å². The van der Waals surface area contributed by atoms with Crippen LogP contribution < -0.4 is 4.74 Å². The van der Waals surface area contributed by atoms with Gasteiger partial charge < -0.3 is 14.0 Å². The molecule has 1 saturated heterocycles. The molecule has 3 unspecified atom stereocenters. The van der Waals surface area contributed by atoms with Crippen LogP contribution in [0.15, 0.2) is 67.3 Å². The van der Waals surface area contributed by atoms with Crippen molar-refractivity contribution in [3.63, 3.8) is 0 Å². The van der Waals surface area contributed by atoms with Gasteiger partial charge in [0.2, 0.25) is 5.06 Å². The number of nitrogens with zero attached hydrogens (tertiary/aromatic N) is 3. The van der Waals surface area contributed by atoms with Gasteiger partial charge in [0.05, 0.1) is 29.0 Å². The second kappa shape index (κ2) is 9.04. The molecule has 4 atom stereocenters. The third kappa shape index (κ3) is 4.38. The van der Waals surface area contributed by atoms with Gasteiger partial charge in [-0.15, -0.1) is 23.2 Å². The molecular weight excluding hydrogens is 489 g/mol. The highest BCUT2D eigenvalue weighted by molar-refractivity contribution is 7.16. The van der Waals surface area contributed by atoms with Gasteiger partial charge in [-0.1, -0.05) is 47.2 Å². The Bertz CT molecular complexity index is 1210. The van der Waals surface area contributed by atoms with Crippen LogP contribution in [0.2, 0.25) is 5.02 Å². The number of thiazole rings is 1. The van der Waals surface area contributed by atoms with E-state index in [0.717, 1.165) is 21.8 Å². The zero-order valence-corrected chi connectivity index (χ0v) is 19.9. The van der Waals surface area contributed by atoms with Crippen LogP contribution in [-0.4, -0.2) is 25.3 Å². The van der Waals surface area contributed by atoms with Gasteiger partial charge >= 0.3 is 0 Å². The molecule has 0 saturated carbocycles. The summed E-state index contributed by atoms with van der Waals surface area (Å²) in [5.41, 5.74) is 2.83. The molecule has 32 heavy (non-hydrogen) atoms. The Balaban J connectivity index is 1.28. The van der Waals surface area contributed by atoms with E-state index in [1.54, 1.807) is 12.5 Å². The summed E-state index contributed by atoms with van der Waals surface area (Å²) in [6, 6.07) is 15.2. The average Bonchev–Trinajstić information content (AvgIpc) is 3.50. The van der Waals surface area contributed by atoms with Gasteiger partial charge in [-0.25, -0.2) is 9.97 Å². The van der Waals surface area contributed by atoms with E-state index in [1.165, 1.54) is 11.3 Å². The maximum atomic E-state index is 6.62. The van der Waals surface area contributed by atoms with Gasteiger partial charge in [0, 0.05) is 16.8 Å². The van der Waals surface area contributed by atoms with Crippen molar-refractivity contribution >= 4 is 46.1 Å². The highest BCUT2D eigenvalue weighted by Crippen LogP contribution is 2.45. The highest BCUT2D eigenvalue weighted by atomic mass is 35.5. The Morgan fingerprint density at radius 3 is 2.44 bits per heavy atom. The number of hydrogen-bond donors (Lipinski definition) is 0. The molecule has 0 spiro atoms. The van der Waals surface area contributed by atoms with Crippen LogP contribution in [0.5, 0.6) is 10.8 Å². The Morgan fingerprint density at radius 1 is 1.00 bits per heavy atom. The quantitative estimate of drug-likeness (QED) is 0.268. The van der Waals surface area contributed by atoms with Crippen LogP contribution in [0.1, 0.15) is 23.6 Å². The Hall–Kier alpha value is -2.09. The first-order valence-electron chi connectivity index (χ1n) is 9.91. The van der Waals surface area contributed by atoms with Crippen molar-refractivity contribution < 1.29 is 9.47 Å². The lowest BCUT2D eigenvalue weighted by molar-refractivity contribution is 0.00253. The molecule has 1 aliphatic heterocycles. The van der Waals surface area contributed by atoms with E-state index in [-0.39, 0.29) is 23.1 Å². The van der Waals surface area contributed by atoms with Crippen molar-refractivity contribution in [1.29, 1.82) is 0 Å². The summed E-state index contributed by atoms with van der Waals surface area (Å²) in [6.07, 6.45) is 4.63. The summed E-state index contributed by atoms with van der Waals surface area (Å²) in [4.78, 5) is 8.69. The van der Waals surface area contributed by atoms with Gasteiger partial charge in [0.25, 0.3) is 0 Å². The van der Waals surface area contributed by atoms with E-state index in [1.807, 2.05) is 66.2 Å². The molecule has 0 aliphatic carbocycles. The number of aryl methyl sites for hydroxylation is 1. The summed E-state index contributed by atoms with van der Waals surface area (Å²) in [5.74, 6) is 0.702. The number of hydrogen-bond acceptors (Lipinski definition) is 5. The minimum Gasteiger partial charge on any atom is -0.445 e. The number of ether oxygens (including phenoxy) is 2. The molecule has 5 rings (SSSR count). The Labute approximate surface area is 204 Å². The normalized spacial score (nSPS) is 22.9. The molecule has 0 amide bonds. The van der Waals surface area contributed by atoms with Gasteiger partial charge in [-0.05, 0) is 36.8 Å². The van der Waals surface area contributed by atoms with E-state index >= 15 is 0 Å². The number of aromatic nitrogens is 3. The van der Waals surface area contributed by atoms with Crippen molar-refractivity contribution in [3.8, 4) is 21.4 Å². The molecule has 2 aromatic carbocycles. The molecule has 0 bridgehead atoms. The van der Waals surface area contributed by atoms with Gasteiger partial charge in [0.15, 0.2) is 6.23 Å². The van der Waals surface area contributed by atoms with Crippen LogP contribution in [0.3, 0.4) is 0 Å². The number of benzene rings is 2. The van der Waals surface area contributed by atoms with Crippen molar-refractivity contribution in [2.45, 2.75) is 30.0 Å². The first-order chi connectivity index (χ1) is 15.5. The predicted molar refractivity (Wildman–Crippen MR) is 128 cm³/mol. The van der Waals surface area contributed by atoms with E-state index in [4.69, 9.17) is 44.3 Å². The standard InChI is InChI=1S/C23H18Cl3N3O2S/c1-13-11-29(12-28-13)23-20(26)19(25)21(31-23)14-4-8-17(9-5-14)30-18-10-27-22(32-18)15-2-6-16(24)7-3-15/h2-12,19-21,23H,1H3/t19-,20?,21?,23?/m0/s1. The number of alkyl halides is 2. The summed E-state index contributed by atoms with van der Waals surface area (Å²) >= 11 is 20.6. The molecule has 164 valence electrons. The van der Waals surface area contributed by atoms with Gasteiger partial charge in [-0.3, -0.25) is 0 Å². The SMILES string of the molecule is Cc1cn(C2OC(c3ccc(Oc4cnc(-c5ccc(Cl)cc5)s4)cc3)[C@@H](Cl)C2Cl)cn1. The zero-order valence-electron chi connectivity index (χ0n) is 16.9. The topological polar surface area (TPSA) is 49.2 Å². The molecular formula is C23H18Cl3N3O2S. The predicted octanol–water partition coefficient (Wildman–Crippen LogP) is 7.25. The summed E-state index contributed by atoms with van der Waals surface area (Å²) in [6.45, 7) is 1.92. The highest BCUT2D eigenvalue weighted by Gasteiger charge is 2.44. The minimum atomic E-state index is -0.380. The third-order valence-corrected chi connectivity index (χ3v) is 7.47. The summed E-state index contributed by atoms with van der Waals surface area (Å²) in [5, 5.41) is 1.51. The van der Waals surface area contributed by atoms with E-state index in [2.05, 4.69) is 9.97 Å². The molecule has 3 heterocycles. The lowest BCUT2D eigenvalue weighted by Gasteiger charge is -2.16. The Morgan fingerprint density at radius 2 is 1.75 bits per heavy atom. The van der Waals surface area contributed by atoms with Crippen molar-refractivity contribution in [3.05, 3.63) is 83.5 Å². The third-order valence-electron chi connectivity index (χ3n) is 5.18. The fourth-order valence-corrected chi connectivity index (χ4v) is 5.15. The molecule has 0 N–H and O–H groups in total. The van der Waals surface area contributed by atoms with E-state index in [9.17, 15) is 0 Å². The summed E-state index contributed by atoms with van der Waals surface area (Å²) in [7, 11) is 0. The zero-order chi connectivity index (χ0) is 22.2. The van der Waals surface area contributed by atoms with Gasteiger partial charge in [-0.2, -0.15) is 0 Å². The number of rotatable bonds is 5. The average molecular weight is 507 g/mol. The molecule has 1 fully saturated rings. The van der Waals surface area contributed by atoms with E-state index in [0.29, 0.717) is 15.8 Å². The van der Waals surface area contributed by atoms with Crippen LogP contribution in [-0.2, 0) is 4.74 Å². The monoisotopic (exact) mass is 505 g/mol.